The molecule has 0 saturated carbocycles. The van der Waals surface area contributed by atoms with Crippen LogP contribution in [0.15, 0.2) is 24.3 Å². The second-order valence-corrected chi connectivity index (χ2v) is 6.91. The number of piperidine rings is 1. The number of halogens is 5. The number of amides is 1. The van der Waals surface area contributed by atoms with Crippen molar-refractivity contribution in [3.05, 3.63) is 35.4 Å². The van der Waals surface area contributed by atoms with Gasteiger partial charge in [-0.25, -0.2) is 0 Å². The molecule has 1 aromatic carbocycles. The average molecular weight is 428 g/mol. The molecule has 27 heavy (non-hydrogen) atoms. The zero-order valence-corrected chi connectivity index (χ0v) is 16.6. The SMILES string of the molecule is Cl.Cl.O=C(NC1CCN(Cc2cccc(C(F)(F)F)c2)CC1)C1CCCN1. The Bertz CT molecular complexity index is 602. The van der Waals surface area contributed by atoms with Gasteiger partial charge in [0.05, 0.1) is 11.6 Å². The van der Waals surface area contributed by atoms with Crippen molar-refractivity contribution in [2.75, 3.05) is 19.6 Å². The van der Waals surface area contributed by atoms with Crippen LogP contribution in [0.4, 0.5) is 13.2 Å². The Kier molecular flexibility index (Phi) is 9.34. The molecule has 2 heterocycles. The Morgan fingerprint density at radius 2 is 1.89 bits per heavy atom. The van der Waals surface area contributed by atoms with E-state index in [-0.39, 0.29) is 42.8 Å². The van der Waals surface area contributed by atoms with Crippen molar-refractivity contribution in [1.82, 2.24) is 15.5 Å². The molecule has 1 atom stereocenters. The van der Waals surface area contributed by atoms with Gasteiger partial charge in [0.1, 0.15) is 0 Å². The molecule has 3 rings (SSSR count). The third-order valence-corrected chi connectivity index (χ3v) is 4.97. The number of rotatable bonds is 4. The predicted molar refractivity (Wildman–Crippen MR) is 103 cm³/mol. The molecule has 0 bridgehead atoms. The van der Waals surface area contributed by atoms with Crippen LogP contribution in [0.2, 0.25) is 0 Å². The molecule has 2 aliphatic rings. The first-order valence-corrected chi connectivity index (χ1v) is 8.84. The molecule has 1 aromatic rings. The minimum absolute atomic E-state index is 0. The number of carbonyl (C=O) groups excluding carboxylic acids is 1. The molecule has 2 fully saturated rings. The first-order chi connectivity index (χ1) is 11.9. The fourth-order valence-corrected chi connectivity index (χ4v) is 3.55. The Labute approximate surface area is 170 Å². The molecule has 2 aliphatic heterocycles. The largest absolute Gasteiger partial charge is 0.416 e. The van der Waals surface area contributed by atoms with Gasteiger partial charge in [0.2, 0.25) is 5.91 Å². The molecule has 1 amide bonds. The zero-order chi connectivity index (χ0) is 17.9. The zero-order valence-electron chi connectivity index (χ0n) is 14.9. The lowest BCUT2D eigenvalue weighted by Gasteiger charge is -2.33. The van der Waals surface area contributed by atoms with Gasteiger partial charge >= 0.3 is 6.18 Å². The standard InChI is InChI=1S/C18H24F3N3O.2ClH/c19-18(20,21)14-4-1-3-13(11-14)12-24-9-6-15(7-10-24)23-17(25)16-5-2-8-22-16;;/h1,3-4,11,15-16,22H,2,5-10,12H2,(H,23,25);2*1H. The Morgan fingerprint density at radius 3 is 2.48 bits per heavy atom. The summed E-state index contributed by atoms with van der Waals surface area (Å²) in [5, 5.41) is 6.29. The maximum absolute atomic E-state index is 12.8. The van der Waals surface area contributed by atoms with E-state index in [1.54, 1.807) is 6.07 Å². The molecular formula is C18H26Cl2F3N3O. The maximum Gasteiger partial charge on any atom is 0.416 e. The molecule has 2 N–H and O–H groups in total. The summed E-state index contributed by atoms with van der Waals surface area (Å²) >= 11 is 0. The molecule has 0 aromatic heterocycles. The van der Waals surface area contributed by atoms with Crippen LogP contribution in [0.3, 0.4) is 0 Å². The third-order valence-electron chi connectivity index (χ3n) is 4.97. The summed E-state index contributed by atoms with van der Waals surface area (Å²) in [6, 6.07) is 5.60. The van der Waals surface area contributed by atoms with E-state index in [2.05, 4.69) is 15.5 Å². The van der Waals surface area contributed by atoms with Crippen LogP contribution in [0.5, 0.6) is 0 Å². The lowest BCUT2D eigenvalue weighted by Crippen LogP contribution is -2.49. The van der Waals surface area contributed by atoms with E-state index >= 15 is 0 Å². The third kappa shape index (κ3) is 6.82. The predicted octanol–water partition coefficient (Wildman–Crippen LogP) is 3.38. The summed E-state index contributed by atoms with van der Waals surface area (Å²) in [4.78, 5) is 14.3. The minimum Gasteiger partial charge on any atom is -0.352 e. The van der Waals surface area contributed by atoms with Crippen LogP contribution in [-0.4, -0.2) is 42.5 Å². The highest BCUT2D eigenvalue weighted by atomic mass is 35.5. The van der Waals surface area contributed by atoms with E-state index in [0.29, 0.717) is 12.1 Å². The van der Waals surface area contributed by atoms with Crippen molar-refractivity contribution in [3.8, 4) is 0 Å². The molecule has 0 radical (unpaired) electrons. The van der Waals surface area contributed by atoms with Crippen molar-refractivity contribution >= 4 is 30.7 Å². The number of benzene rings is 1. The number of likely N-dealkylation sites (tertiary alicyclic amines) is 1. The van der Waals surface area contributed by atoms with E-state index in [1.807, 2.05) is 0 Å². The maximum atomic E-state index is 12.8. The van der Waals surface area contributed by atoms with Crippen molar-refractivity contribution < 1.29 is 18.0 Å². The van der Waals surface area contributed by atoms with Crippen LogP contribution < -0.4 is 10.6 Å². The second kappa shape index (κ2) is 10.5. The fraction of sp³-hybridized carbons (Fsp3) is 0.611. The topological polar surface area (TPSA) is 44.4 Å². The van der Waals surface area contributed by atoms with Crippen LogP contribution in [-0.2, 0) is 17.5 Å². The average Bonchev–Trinajstić information content (AvgIpc) is 3.11. The summed E-state index contributed by atoms with van der Waals surface area (Å²) in [6.07, 6.45) is -0.718. The van der Waals surface area contributed by atoms with E-state index < -0.39 is 11.7 Å². The smallest absolute Gasteiger partial charge is 0.352 e. The van der Waals surface area contributed by atoms with Crippen LogP contribution in [0.25, 0.3) is 0 Å². The highest BCUT2D eigenvalue weighted by molar-refractivity contribution is 5.85. The summed E-state index contributed by atoms with van der Waals surface area (Å²) < 4.78 is 38.4. The molecule has 1 unspecified atom stereocenters. The molecule has 154 valence electrons. The number of hydrogen-bond donors (Lipinski definition) is 2. The second-order valence-electron chi connectivity index (χ2n) is 6.91. The Balaban J connectivity index is 0.00000182. The molecule has 0 aliphatic carbocycles. The lowest BCUT2D eigenvalue weighted by atomic mass is 10.0. The van der Waals surface area contributed by atoms with Crippen molar-refractivity contribution in [2.45, 2.75) is 50.5 Å². The van der Waals surface area contributed by atoms with Gasteiger partial charge in [-0.1, -0.05) is 18.2 Å². The molecule has 9 heteroatoms. The molecular weight excluding hydrogens is 402 g/mol. The lowest BCUT2D eigenvalue weighted by molar-refractivity contribution is -0.137. The van der Waals surface area contributed by atoms with Gasteiger partial charge in [-0.05, 0) is 43.9 Å². The van der Waals surface area contributed by atoms with Crippen molar-refractivity contribution in [3.63, 3.8) is 0 Å². The first kappa shape index (κ1) is 24.0. The highest BCUT2D eigenvalue weighted by Crippen LogP contribution is 2.30. The minimum atomic E-state index is -4.30. The normalized spacial score (nSPS) is 21.2. The van der Waals surface area contributed by atoms with Crippen LogP contribution in [0.1, 0.15) is 36.8 Å². The summed E-state index contributed by atoms with van der Waals surface area (Å²) in [5.41, 5.74) is 0.0729. The first-order valence-electron chi connectivity index (χ1n) is 8.84. The molecule has 4 nitrogen and oxygen atoms in total. The van der Waals surface area contributed by atoms with E-state index in [4.69, 9.17) is 0 Å². The van der Waals surface area contributed by atoms with Gasteiger partial charge < -0.3 is 10.6 Å². The van der Waals surface area contributed by atoms with Gasteiger partial charge in [0.15, 0.2) is 0 Å². The van der Waals surface area contributed by atoms with Gasteiger partial charge in [0.25, 0.3) is 0 Å². The summed E-state index contributed by atoms with van der Waals surface area (Å²) in [5.74, 6) is 0.0776. The van der Waals surface area contributed by atoms with E-state index in [1.165, 1.54) is 12.1 Å². The van der Waals surface area contributed by atoms with Gasteiger partial charge in [0, 0.05) is 25.7 Å². The van der Waals surface area contributed by atoms with Crippen molar-refractivity contribution in [1.29, 1.82) is 0 Å². The Hall–Kier alpha value is -1.02. The number of carbonyl (C=O) groups is 1. The number of nitrogens with zero attached hydrogens (tertiary/aromatic N) is 1. The highest BCUT2D eigenvalue weighted by Gasteiger charge is 2.31. The number of nitrogens with one attached hydrogen (secondary N) is 2. The van der Waals surface area contributed by atoms with Gasteiger partial charge in [-0.2, -0.15) is 13.2 Å². The van der Waals surface area contributed by atoms with Gasteiger partial charge in [-0.15, -0.1) is 24.8 Å². The molecule has 2 saturated heterocycles. The fourth-order valence-electron chi connectivity index (χ4n) is 3.55. The summed E-state index contributed by atoms with van der Waals surface area (Å²) in [7, 11) is 0. The van der Waals surface area contributed by atoms with Gasteiger partial charge in [-0.3, -0.25) is 9.69 Å². The monoisotopic (exact) mass is 427 g/mol. The van der Waals surface area contributed by atoms with Crippen LogP contribution >= 0.6 is 24.8 Å². The summed E-state index contributed by atoms with van der Waals surface area (Å²) in [6.45, 7) is 2.96. The molecule has 0 spiro atoms. The quantitative estimate of drug-likeness (QED) is 0.773. The Morgan fingerprint density at radius 1 is 1.19 bits per heavy atom. The van der Waals surface area contributed by atoms with E-state index in [0.717, 1.165) is 51.4 Å². The van der Waals surface area contributed by atoms with E-state index in [9.17, 15) is 18.0 Å². The van der Waals surface area contributed by atoms with Crippen LogP contribution in [0, 0.1) is 0 Å². The van der Waals surface area contributed by atoms with Crippen molar-refractivity contribution in [2.24, 2.45) is 0 Å². The number of hydrogen-bond acceptors (Lipinski definition) is 3. The number of alkyl halides is 3.